The molecule has 1 aromatic carbocycles. The minimum atomic E-state index is 0.0974. The van der Waals surface area contributed by atoms with Crippen molar-refractivity contribution >= 4 is 5.84 Å². The number of hydrogen-bond donors (Lipinski definition) is 2. The van der Waals surface area contributed by atoms with E-state index in [-0.39, 0.29) is 5.84 Å². The van der Waals surface area contributed by atoms with Crippen LogP contribution in [0.15, 0.2) is 24.3 Å². The maximum Gasteiger partial charge on any atom is 0.122 e. The number of amidine groups is 1. The van der Waals surface area contributed by atoms with Crippen molar-refractivity contribution < 1.29 is 9.47 Å². The molecule has 0 bridgehead atoms. The molecule has 5 nitrogen and oxygen atoms in total. The zero-order valence-corrected chi connectivity index (χ0v) is 12.6. The van der Waals surface area contributed by atoms with Crippen molar-refractivity contribution in [2.24, 2.45) is 5.73 Å². The van der Waals surface area contributed by atoms with E-state index in [1.165, 1.54) is 0 Å². The molecule has 1 atom stereocenters. The van der Waals surface area contributed by atoms with E-state index in [1.807, 2.05) is 24.3 Å². The SMILES string of the molecule is COCCN(Cc1cccc(C(=N)N)c1)C(C)COC. The minimum absolute atomic E-state index is 0.0974. The molecule has 3 N–H and O–H groups in total. The van der Waals surface area contributed by atoms with Crippen LogP contribution in [0, 0.1) is 5.41 Å². The van der Waals surface area contributed by atoms with Crippen molar-refractivity contribution in [2.75, 3.05) is 34.0 Å². The van der Waals surface area contributed by atoms with Gasteiger partial charge in [0.1, 0.15) is 5.84 Å². The molecule has 0 amide bonds. The predicted octanol–water partition coefficient (Wildman–Crippen LogP) is 1.45. The molecule has 0 heterocycles. The van der Waals surface area contributed by atoms with Gasteiger partial charge in [0.05, 0.1) is 13.2 Å². The Morgan fingerprint density at radius 2 is 2.10 bits per heavy atom. The summed E-state index contributed by atoms with van der Waals surface area (Å²) < 4.78 is 10.4. The third kappa shape index (κ3) is 5.28. The summed E-state index contributed by atoms with van der Waals surface area (Å²) in [5.74, 6) is 0.0974. The van der Waals surface area contributed by atoms with Crippen LogP contribution in [0.25, 0.3) is 0 Å². The van der Waals surface area contributed by atoms with Gasteiger partial charge in [0.2, 0.25) is 0 Å². The van der Waals surface area contributed by atoms with Crippen molar-refractivity contribution in [3.8, 4) is 0 Å². The highest BCUT2D eigenvalue weighted by Crippen LogP contribution is 2.11. The van der Waals surface area contributed by atoms with Gasteiger partial charge in [-0.25, -0.2) is 0 Å². The number of nitrogen functional groups attached to an aromatic ring is 1. The van der Waals surface area contributed by atoms with E-state index in [2.05, 4.69) is 11.8 Å². The third-order valence-corrected chi connectivity index (χ3v) is 3.24. The number of ether oxygens (including phenoxy) is 2. The average Bonchev–Trinajstić information content (AvgIpc) is 2.44. The van der Waals surface area contributed by atoms with Crippen molar-refractivity contribution in [2.45, 2.75) is 19.5 Å². The summed E-state index contributed by atoms with van der Waals surface area (Å²) in [6.07, 6.45) is 0. The first kappa shape index (κ1) is 16.6. The molecular formula is C15H25N3O2. The van der Waals surface area contributed by atoms with Gasteiger partial charge in [-0.15, -0.1) is 0 Å². The highest BCUT2D eigenvalue weighted by molar-refractivity contribution is 5.95. The molecule has 5 heteroatoms. The Hall–Kier alpha value is -1.43. The zero-order chi connectivity index (χ0) is 15.0. The Morgan fingerprint density at radius 1 is 1.35 bits per heavy atom. The zero-order valence-electron chi connectivity index (χ0n) is 12.6. The molecule has 20 heavy (non-hydrogen) atoms. The molecule has 0 saturated carbocycles. The molecular weight excluding hydrogens is 254 g/mol. The molecule has 0 aliphatic rings. The lowest BCUT2D eigenvalue weighted by Gasteiger charge is -2.28. The lowest BCUT2D eigenvalue weighted by atomic mass is 10.1. The molecule has 0 aliphatic heterocycles. The number of nitrogens with one attached hydrogen (secondary N) is 1. The van der Waals surface area contributed by atoms with Crippen LogP contribution in [-0.4, -0.2) is 50.8 Å². The fraction of sp³-hybridized carbons (Fsp3) is 0.533. The molecule has 1 unspecified atom stereocenters. The van der Waals surface area contributed by atoms with Crippen molar-refractivity contribution in [3.05, 3.63) is 35.4 Å². The Bertz CT molecular complexity index is 423. The number of benzene rings is 1. The van der Waals surface area contributed by atoms with E-state index in [4.69, 9.17) is 20.6 Å². The summed E-state index contributed by atoms with van der Waals surface area (Å²) in [5.41, 5.74) is 7.42. The van der Waals surface area contributed by atoms with Gasteiger partial charge in [-0.05, 0) is 18.6 Å². The van der Waals surface area contributed by atoms with Crippen molar-refractivity contribution in [1.29, 1.82) is 5.41 Å². The number of nitrogens with zero attached hydrogens (tertiary/aromatic N) is 1. The summed E-state index contributed by atoms with van der Waals surface area (Å²) >= 11 is 0. The van der Waals surface area contributed by atoms with Crippen LogP contribution in [0.3, 0.4) is 0 Å². The van der Waals surface area contributed by atoms with Crippen LogP contribution < -0.4 is 5.73 Å². The summed E-state index contributed by atoms with van der Waals surface area (Å²) in [4.78, 5) is 2.30. The second kappa shape index (κ2) is 8.68. The Kier molecular flexibility index (Phi) is 7.22. The monoisotopic (exact) mass is 279 g/mol. The Balaban J connectivity index is 2.77. The van der Waals surface area contributed by atoms with Crippen LogP contribution in [-0.2, 0) is 16.0 Å². The van der Waals surface area contributed by atoms with Gasteiger partial charge >= 0.3 is 0 Å². The second-order valence-corrected chi connectivity index (χ2v) is 4.88. The number of hydrogen-bond acceptors (Lipinski definition) is 4. The highest BCUT2D eigenvalue weighted by atomic mass is 16.5. The Labute approximate surface area is 121 Å². The smallest absolute Gasteiger partial charge is 0.122 e. The van der Waals surface area contributed by atoms with E-state index in [0.29, 0.717) is 19.3 Å². The van der Waals surface area contributed by atoms with Crippen LogP contribution in [0.1, 0.15) is 18.1 Å². The van der Waals surface area contributed by atoms with Gasteiger partial charge in [0.15, 0.2) is 0 Å². The van der Waals surface area contributed by atoms with Crippen LogP contribution in [0.4, 0.5) is 0 Å². The molecule has 1 rings (SSSR count). The molecule has 0 aliphatic carbocycles. The van der Waals surface area contributed by atoms with E-state index in [0.717, 1.165) is 24.2 Å². The van der Waals surface area contributed by atoms with Crippen molar-refractivity contribution in [3.63, 3.8) is 0 Å². The van der Waals surface area contributed by atoms with Gasteiger partial charge in [-0.2, -0.15) is 0 Å². The van der Waals surface area contributed by atoms with Crippen LogP contribution in [0.2, 0.25) is 0 Å². The van der Waals surface area contributed by atoms with Gasteiger partial charge in [0.25, 0.3) is 0 Å². The molecule has 1 aromatic rings. The minimum Gasteiger partial charge on any atom is -0.384 e. The number of rotatable bonds is 9. The van der Waals surface area contributed by atoms with E-state index in [1.54, 1.807) is 14.2 Å². The lowest BCUT2D eigenvalue weighted by molar-refractivity contribution is 0.0705. The topological polar surface area (TPSA) is 71.6 Å². The quantitative estimate of drug-likeness (QED) is 0.530. The van der Waals surface area contributed by atoms with Gasteiger partial charge in [-0.1, -0.05) is 18.2 Å². The Morgan fingerprint density at radius 3 is 2.70 bits per heavy atom. The largest absolute Gasteiger partial charge is 0.384 e. The third-order valence-electron chi connectivity index (χ3n) is 3.24. The second-order valence-electron chi connectivity index (χ2n) is 4.88. The molecule has 0 radical (unpaired) electrons. The summed E-state index contributed by atoms with van der Waals surface area (Å²) in [6, 6.07) is 8.09. The van der Waals surface area contributed by atoms with Gasteiger partial charge in [-0.3, -0.25) is 10.3 Å². The van der Waals surface area contributed by atoms with E-state index < -0.39 is 0 Å². The maximum atomic E-state index is 7.50. The van der Waals surface area contributed by atoms with Crippen LogP contribution >= 0.6 is 0 Å². The molecule has 0 aromatic heterocycles. The number of nitrogens with two attached hydrogens (primary N) is 1. The molecule has 0 spiro atoms. The lowest BCUT2D eigenvalue weighted by Crippen LogP contribution is -2.38. The average molecular weight is 279 g/mol. The predicted molar refractivity (Wildman–Crippen MR) is 81.1 cm³/mol. The van der Waals surface area contributed by atoms with E-state index >= 15 is 0 Å². The molecule has 0 fully saturated rings. The maximum absolute atomic E-state index is 7.50. The number of methoxy groups -OCH3 is 2. The molecule has 0 saturated heterocycles. The highest BCUT2D eigenvalue weighted by Gasteiger charge is 2.14. The van der Waals surface area contributed by atoms with E-state index in [9.17, 15) is 0 Å². The summed E-state index contributed by atoms with van der Waals surface area (Å²) in [7, 11) is 3.41. The first-order valence-corrected chi connectivity index (χ1v) is 6.73. The van der Waals surface area contributed by atoms with Gasteiger partial charge in [0, 0.05) is 38.9 Å². The first-order valence-electron chi connectivity index (χ1n) is 6.73. The van der Waals surface area contributed by atoms with Gasteiger partial charge < -0.3 is 15.2 Å². The standard InChI is InChI=1S/C15H25N3O2/c1-12(11-20-3)18(7-8-19-2)10-13-5-4-6-14(9-13)15(16)17/h4-6,9,12H,7-8,10-11H2,1-3H3,(H3,16,17). The fourth-order valence-electron chi connectivity index (χ4n) is 2.08. The van der Waals surface area contributed by atoms with Crippen molar-refractivity contribution in [1.82, 2.24) is 4.90 Å². The first-order chi connectivity index (χ1) is 9.58. The summed E-state index contributed by atoms with van der Waals surface area (Å²) in [6.45, 7) is 5.12. The fourth-order valence-corrected chi connectivity index (χ4v) is 2.08. The molecule has 112 valence electrons. The summed E-state index contributed by atoms with van der Waals surface area (Å²) in [5, 5.41) is 7.50. The normalized spacial score (nSPS) is 12.6. The van der Waals surface area contributed by atoms with Crippen LogP contribution in [0.5, 0.6) is 0 Å².